The van der Waals surface area contributed by atoms with Crippen molar-refractivity contribution >= 4 is 57.9 Å². The van der Waals surface area contributed by atoms with Crippen molar-refractivity contribution in [2.24, 2.45) is 41.1 Å². The molecule has 1 radical (unpaired) electrons. The zero-order chi connectivity index (χ0) is 46.2. The van der Waals surface area contributed by atoms with Crippen molar-refractivity contribution in [2.75, 3.05) is 39.3 Å². The molecule has 2 aromatic heterocycles. The van der Waals surface area contributed by atoms with Gasteiger partial charge in [0, 0.05) is 30.0 Å². The number of amides is 4. The van der Waals surface area contributed by atoms with Gasteiger partial charge >= 0.3 is 0 Å². The largest absolute Gasteiger partial charge is 0.344 e. The van der Waals surface area contributed by atoms with E-state index < -0.39 is 53.2 Å². The van der Waals surface area contributed by atoms with Gasteiger partial charge in [-0.2, -0.15) is 0 Å². The molecule has 16 nitrogen and oxygen atoms in total. The van der Waals surface area contributed by atoms with Gasteiger partial charge in [0.05, 0.1) is 30.1 Å². The van der Waals surface area contributed by atoms with Gasteiger partial charge in [-0.15, -0.1) is 22.7 Å². The highest BCUT2D eigenvalue weighted by Gasteiger charge is 2.64. The second-order valence-electron chi connectivity index (χ2n) is 19.7. The van der Waals surface area contributed by atoms with Crippen molar-refractivity contribution < 1.29 is 28.8 Å². The number of Topliss-reactive ketones (excluding diaryl/α,β-unsaturated/α-hetero) is 2. The molecule has 6 fully saturated rings. The Kier molecular flexibility index (Phi) is 16.7. The molecule has 0 spiro atoms. The summed E-state index contributed by atoms with van der Waals surface area (Å²) in [5, 5.41) is 16.9. The van der Waals surface area contributed by atoms with Crippen molar-refractivity contribution in [3.05, 3.63) is 33.2 Å². The number of fused-ring (bicyclic) bond motifs is 2. The molecule has 66 heavy (non-hydrogen) atoms. The quantitative estimate of drug-likeness (QED) is 0.0879. The van der Waals surface area contributed by atoms with Gasteiger partial charge < -0.3 is 42.5 Å². The Morgan fingerprint density at radius 3 is 2.05 bits per heavy atom. The minimum absolute atomic E-state index is 0.0395. The summed E-state index contributed by atoms with van der Waals surface area (Å²) < 4.78 is 0. The number of nitrogens with zero attached hydrogens (tertiary/aromatic N) is 4. The van der Waals surface area contributed by atoms with Gasteiger partial charge in [-0.3, -0.25) is 28.8 Å². The maximum atomic E-state index is 15.8. The Bertz CT molecular complexity index is 1980. The normalized spacial score (nSPS) is 30.8. The zero-order valence-corrected chi connectivity index (χ0v) is 40.0. The predicted molar refractivity (Wildman–Crippen MR) is 252 cm³/mol. The molecule has 8 rings (SSSR count). The van der Waals surface area contributed by atoms with E-state index in [-0.39, 0.29) is 72.0 Å². The summed E-state index contributed by atoms with van der Waals surface area (Å²) >= 11 is 2.35. The lowest BCUT2D eigenvalue weighted by Crippen LogP contribution is -2.66. The van der Waals surface area contributed by atoms with E-state index in [0.29, 0.717) is 76.5 Å². The summed E-state index contributed by atoms with van der Waals surface area (Å²) in [4.78, 5) is 102. The van der Waals surface area contributed by atoms with Gasteiger partial charge in [0.25, 0.3) is 5.91 Å². The fourth-order valence-electron chi connectivity index (χ4n) is 12.7. The third-order valence-corrected chi connectivity index (χ3v) is 17.5. The van der Waals surface area contributed by atoms with E-state index in [1.165, 1.54) is 17.8 Å². The SMILES string of the molecule is NCCCCC(NC(=O)[C@@]1(c2nccs2)C(C(=O)C(CCCCN)NC(=O)[C@@H]2CCCN2C(=O)C2NCCC3CCCCC32)CCN1C(=O)C1NCCC2CCCCC21)C(=O)c1cs[c]n1. The van der Waals surface area contributed by atoms with Gasteiger partial charge in [0.2, 0.25) is 23.5 Å². The molecule has 0 aromatic carbocycles. The number of rotatable bonds is 19. The number of thiazole rings is 2. The van der Waals surface area contributed by atoms with E-state index in [4.69, 9.17) is 16.5 Å². The van der Waals surface area contributed by atoms with Gasteiger partial charge in [-0.05, 0) is 133 Å². The van der Waals surface area contributed by atoms with Crippen molar-refractivity contribution in [3.63, 3.8) is 0 Å². The number of ketones is 2. The maximum Gasteiger partial charge on any atom is 0.254 e. The standard InChI is InChI=1S/C48H71N10O6S2/c49-20-7-5-14-35(55-43(61)38-16-9-25-57(38)44(62)39-32-12-3-1-10-30(32)17-22-51-39)41(59)34-19-26-58(45(63)40-33-13-4-2-11-31(33)18-23-52-40)48(34,47-53-24-27-66-47)46(64)56-36(15-6-8-21-50)42(60)37-28-65-29-54-37/h24,27-28,30-36,38-40,51-52H,1-23,25-26,49-50H2,(H,55,61)(H,56,64)/t30?,31?,32?,33?,34?,35?,36?,38-,39?,40?,48+/m0/s1. The molecule has 361 valence electrons. The molecule has 2 aromatic rings. The average molecular weight is 948 g/mol. The maximum absolute atomic E-state index is 15.8. The highest BCUT2D eigenvalue weighted by molar-refractivity contribution is 7.09. The van der Waals surface area contributed by atoms with Crippen molar-refractivity contribution in [1.29, 1.82) is 0 Å². The number of hydrogen-bond donors (Lipinski definition) is 6. The third-order valence-electron chi connectivity index (χ3n) is 16.0. The number of nitrogens with two attached hydrogens (primary N) is 2. The first-order chi connectivity index (χ1) is 32.2. The second-order valence-corrected chi connectivity index (χ2v) is 21.3. The van der Waals surface area contributed by atoms with E-state index in [9.17, 15) is 14.4 Å². The number of carbonyl (C=O) groups excluding carboxylic acids is 6. The van der Waals surface area contributed by atoms with Crippen LogP contribution in [0.15, 0.2) is 17.0 Å². The Balaban J connectivity index is 1.13. The van der Waals surface area contributed by atoms with Crippen LogP contribution < -0.4 is 32.7 Å². The lowest BCUT2D eigenvalue weighted by atomic mass is 9.71. The smallest absolute Gasteiger partial charge is 0.254 e. The van der Waals surface area contributed by atoms with E-state index in [0.717, 1.165) is 75.7 Å². The number of likely N-dealkylation sites (tertiary alicyclic amines) is 2. The fraction of sp³-hybridized carbons (Fsp3) is 0.750. The average Bonchev–Trinajstić information content (AvgIpc) is 4.20. The molecule has 9 unspecified atom stereocenters. The van der Waals surface area contributed by atoms with Crippen LogP contribution >= 0.6 is 22.7 Å². The van der Waals surface area contributed by atoms with Gasteiger partial charge in [0.1, 0.15) is 16.7 Å². The summed E-state index contributed by atoms with van der Waals surface area (Å²) in [6.07, 6.45) is 16.2. The van der Waals surface area contributed by atoms with Crippen LogP contribution in [0.1, 0.15) is 137 Å². The highest BCUT2D eigenvalue weighted by atomic mass is 32.1. The summed E-state index contributed by atoms with van der Waals surface area (Å²) in [5.74, 6) is -2.06. The Morgan fingerprint density at radius 1 is 0.773 bits per heavy atom. The first-order valence-corrected chi connectivity index (χ1v) is 26.8. The van der Waals surface area contributed by atoms with Crippen LogP contribution in [0.25, 0.3) is 0 Å². The van der Waals surface area contributed by atoms with E-state index in [2.05, 4.69) is 31.8 Å². The number of piperidine rings is 2. The van der Waals surface area contributed by atoms with Crippen molar-refractivity contribution in [1.82, 2.24) is 41.0 Å². The Hall–Kier alpha value is -3.68. The molecule has 18 heteroatoms. The minimum Gasteiger partial charge on any atom is -0.344 e. The van der Waals surface area contributed by atoms with Crippen LogP contribution in [-0.2, 0) is 29.5 Å². The topological polar surface area (TPSA) is 235 Å². The molecule has 4 amide bonds. The summed E-state index contributed by atoms with van der Waals surface area (Å²) in [5.41, 5.74) is 12.8. The Labute approximate surface area is 397 Å². The molecule has 4 saturated heterocycles. The van der Waals surface area contributed by atoms with E-state index >= 15 is 14.4 Å². The highest BCUT2D eigenvalue weighted by Crippen LogP contribution is 2.48. The molecule has 0 bridgehead atoms. The lowest BCUT2D eigenvalue weighted by Gasteiger charge is -2.46. The summed E-state index contributed by atoms with van der Waals surface area (Å²) in [6, 6.07) is -3.72. The number of nitrogens with one attached hydrogen (secondary N) is 4. The van der Waals surface area contributed by atoms with Gasteiger partial charge in [-0.1, -0.05) is 38.5 Å². The summed E-state index contributed by atoms with van der Waals surface area (Å²) in [7, 11) is 0. The van der Waals surface area contributed by atoms with Gasteiger partial charge in [0.15, 0.2) is 16.8 Å². The van der Waals surface area contributed by atoms with E-state index in [1.807, 2.05) is 0 Å². The zero-order valence-electron chi connectivity index (χ0n) is 38.4. The predicted octanol–water partition coefficient (Wildman–Crippen LogP) is 3.45. The molecule has 2 saturated carbocycles. The van der Waals surface area contributed by atoms with Gasteiger partial charge in [-0.25, -0.2) is 9.97 Å². The van der Waals surface area contributed by atoms with Crippen LogP contribution in [0.4, 0.5) is 0 Å². The molecule has 11 atom stereocenters. The van der Waals surface area contributed by atoms with E-state index in [1.54, 1.807) is 26.8 Å². The Morgan fingerprint density at radius 2 is 1.42 bits per heavy atom. The number of hydrogen-bond acceptors (Lipinski definition) is 14. The second kappa shape index (κ2) is 22.6. The van der Waals surface area contributed by atoms with Crippen LogP contribution in [0, 0.1) is 35.1 Å². The molecule has 2 aliphatic carbocycles. The number of carbonyl (C=O) groups is 6. The lowest BCUT2D eigenvalue weighted by molar-refractivity contribution is -0.154. The van der Waals surface area contributed by atoms with Crippen molar-refractivity contribution in [2.45, 2.75) is 158 Å². The first kappa shape index (κ1) is 48.8. The number of unbranched alkanes of at least 4 members (excludes halogenated alkanes) is 2. The molecular weight excluding hydrogens is 877 g/mol. The fourth-order valence-corrected chi connectivity index (χ4v) is 14.1. The monoisotopic (exact) mass is 947 g/mol. The van der Waals surface area contributed by atoms with Crippen LogP contribution in [0.2, 0.25) is 0 Å². The molecule has 6 aliphatic rings. The minimum atomic E-state index is -1.94. The third kappa shape index (κ3) is 10.1. The number of aromatic nitrogens is 2. The molecule has 4 aliphatic heterocycles. The molecule has 8 N–H and O–H groups in total. The van der Waals surface area contributed by atoms with Crippen LogP contribution in [0.3, 0.4) is 0 Å². The molecule has 6 heterocycles. The molecular formula is C48H71N10O6S2. The summed E-state index contributed by atoms with van der Waals surface area (Å²) in [6.45, 7) is 2.79. The van der Waals surface area contributed by atoms with Crippen LogP contribution in [-0.4, -0.2) is 124 Å². The van der Waals surface area contributed by atoms with Crippen molar-refractivity contribution in [3.8, 4) is 0 Å². The van der Waals surface area contributed by atoms with Crippen LogP contribution in [0.5, 0.6) is 0 Å². The first-order valence-electron chi connectivity index (χ1n) is 25.1.